The summed E-state index contributed by atoms with van der Waals surface area (Å²) in [6, 6.07) is 7.04. The van der Waals surface area contributed by atoms with E-state index in [-0.39, 0.29) is 29.8 Å². The number of rotatable bonds is 5. The van der Waals surface area contributed by atoms with Crippen LogP contribution in [0.25, 0.3) is 0 Å². The van der Waals surface area contributed by atoms with Crippen molar-refractivity contribution in [3.05, 3.63) is 42.0 Å². The van der Waals surface area contributed by atoms with E-state index in [1.165, 1.54) is 6.42 Å². The fourth-order valence-electron chi connectivity index (χ4n) is 7.66. The van der Waals surface area contributed by atoms with Crippen LogP contribution in [0.3, 0.4) is 0 Å². The topological polar surface area (TPSA) is 87.7 Å². The molecular formula is C30H39N3O4. The molecule has 2 saturated heterocycles. The summed E-state index contributed by atoms with van der Waals surface area (Å²) in [6.07, 6.45) is 12.8. The van der Waals surface area contributed by atoms with Crippen molar-refractivity contribution in [3.8, 4) is 0 Å². The molecule has 6 rings (SSSR count). The molecule has 37 heavy (non-hydrogen) atoms. The van der Waals surface area contributed by atoms with Crippen molar-refractivity contribution in [1.82, 2.24) is 10.2 Å². The van der Waals surface area contributed by atoms with Crippen LogP contribution < -0.4 is 10.6 Å². The summed E-state index contributed by atoms with van der Waals surface area (Å²) in [5.74, 6) is -1.48. The van der Waals surface area contributed by atoms with Gasteiger partial charge in [0.2, 0.25) is 17.7 Å². The Hall–Kier alpha value is -2.67. The van der Waals surface area contributed by atoms with Gasteiger partial charge in [0.15, 0.2) is 0 Å². The van der Waals surface area contributed by atoms with E-state index in [9.17, 15) is 14.4 Å². The maximum Gasteiger partial charge on any atom is 0.246 e. The monoisotopic (exact) mass is 505 g/mol. The maximum absolute atomic E-state index is 14.3. The number of fused-ring (bicyclic) bond motifs is 1. The molecule has 1 spiro atoms. The number of nitrogens with zero attached hydrogens (tertiary/aromatic N) is 1. The van der Waals surface area contributed by atoms with Crippen molar-refractivity contribution in [3.63, 3.8) is 0 Å². The van der Waals surface area contributed by atoms with E-state index in [0.717, 1.165) is 56.9 Å². The third-order valence-electron chi connectivity index (χ3n) is 9.56. The molecule has 7 nitrogen and oxygen atoms in total. The quantitative estimate of drug-likeness (QED) is 0.590. The number of ether oxygens (including phenoxy) is 1. The maximum atomic E-state index is 14.3. The third kappa shape index (κ3) is 4.10. The van der Waals surface area contributed by atoms with Crippen LogP contribution in [-0.2, 0) is 19.1 Å². The molecule has 2 aliphatic carbocycles. The molecule has 7 heteroatoms. The molecule has 2 bridgehead atoms. The van der Waals surface area contributed by atoms with Gasteiger partial charge < -0.3 is 20.3 Å². The van der Waals surface area contributed by atoms with Crippen molar-refractivity contribution < 1.29 is 19.1 Å². The average Bonchev–Trinajstić information content (AvgIpc) is 3.54. The molecule has 2 N–H and O–H groups in total. The van der Waals surface area contributed by atoms with Crippen molar-refractivity contribution in [2.24, 2.45) is 17.8 Å². The molecule has 198 valence electrons. The summed E-state index contributed by atoms with van der Waals surface area (Å²) in [5, 5.41) is 6.31. The van der Waals surface area contributed by atoms with E-state index in [1.807, 2.05) is 48.2 Å². The number of likely N-dealkylation sites (tertiary alicyclic amines) is 1. The highest BCUT2D eigenvalue weighted by atomic mass is 16.5. The number of hydrogen-bond donors (Lipinski definition) is 2. The minimum atomic E-state index is -1.09. The number of aryl methyl sites for hydroxylation is 1. The Morgan fingerprint density at radius 2 is 1.68 bits per heavy atom. The van der Waals surface area contributed by atoms with Gasteiger partial charge in [0.1, 0.15) is 11.6 Å². The second-order valence-corrected chi connectivity index (χ2v) is 12.0. The van der Waals surface area contributed by atoms with Crippen LogP contribution in [0.5, 0.6) is 0 Å². The highest BCUT2D eigenvalue weighted by Gasteiger charge is 2.73. The molecule has 3 amide bonds. The highest BCUT2D eigenvalue weighted by Crippen LogP contribution is 2.56. The standard InChI is InChI=1S/C30H39N3O4/c1-18-12-14-21(15-13-18)31-27(34)24-23-16-17-30(37-23)25(24)29(36)33(22-11-7-6-8-19(22)2)26(30)28(35)32-20-9-4-3-5-10-20/h12-17,19-20,22-26H,3-11H2,1-2H3,(H,31,34)(H,32,35)/t19-,22-,23-,24+,25-,26-,30-/m1/s1. The van der Waals surface area contributed by atoms with Gasteiger partial charge in [-0.3, -0.25) is 14.4 Å². The zero-order valence-corrected chi connectivity index (χ0v) is 21.9. The summed E-state index contributed by atoms with van der Waals surface area (Å²) in [6.45, 7) is 4.19. The minimum Gasteiger partial charge on any atom is -0.359 e. The second-order valence-electron chi connectivity index (χ2n) is 12.0. The summed E-state index contributed by atoms with van der Waals surface area (Å²) in [4.78, 5) is 43.8. The Kier molecular flexibility index (Phi) is 6.38. The predicted molar refractivity (Wildman–Crippen MR) is 141 cm³/mol. The lowest BCUT2D eigenvalue weighted by molar-refractivity contribution is -0.146. The molecule has 7 atom stereocenters. The fourth-order valence-corrected chi connectivity index (χ4v) is 7.66. The van der Waals surface area contributed by atoms with Gasteiger partial charge in [-0.1, -0.05) is 68.9 Å². The molecule has 0 unspecified atom stereocenters. The first-order valence-electron chi connectivity index (χ1n) is 14.3. The summed E-state index contributed by atoms with van der Waals surface area (Å²) in [7, 11) is 0. The number of hydrogen-bond acceptors (Lipinski definition) is 4. The van der Waals surface area contributed by atoms with E-state index < -0.39 is 29.6 Å². The molecule has 0 radical (unpaired) electrons. The van der Waals surface area contributed by atoms with E-state index in [0.29, 0.717) is 11.6 Å². The van der Waals surface area contributed by atoms with Crippen LogP contribution in [0.1, 0.15) is 70.3 Å². The highest BCUT2D eigenvalue weighted by molar-refractivity contribution is 6.03. The lowest BCUT2D eigenvalue weighted by Crippen LogP contribution is -2.59. The van der Waals surface area contributed by atoms with Crippen LogP contribution in [0.15, 0.2) is 36.4 Å². The lowest BCUT2D eigenvalue weighted by Gasteiger charge is -2.42. The van der Waals surface area contributed by atoms with Crippen LogP contribution in [0, 0.1) is 24.7 Å². The second kappa shape index (κ2) is 9.57. The van der Waals surface area contributed by atoms with Gasteiger partial charge >= 0.3 is 0 Å². The van der Waals surface area contributed by atoms with E-state index >= 15 is 0 Å². The van der Waals surface area contributed by atoms with Crippen molar-refractivity contribution in [1.29, 1.82) is 0 Å². The molecule has 1 aromatic carbocycles. The molecule has 4 fully saturated rings. The molecule has 3 heterocycles. The van der Waals surface area contributed by atoms with Crippen LogP contribution in [-0.4, -0.2) is 52.5 Å². The largest absolute Gasteiger partial charge is 0.359 e. The Morgan fingerprint density at radius 3 is 2.41 bits per heavy atom. The van der Waals surface area contributed by atoms with Gasteiger partial charge in [0.25, 0.3) is 0 Å². The molecule has 2 saturated carbocycles. The van der Waals surface area contributed by atoms with Crippen molar-refractivity contribution >= 4 is 23.4 Å². The lowest BCUT2D eigenvalue weighted by atomic mass is 9.74. The van der Waals surface area contributed by atoms with Gasteiger partial charge in [0.05, 0.1) is 17.9 Å². The molecule has 5 aliphatic rings. The normalized spacial score (nSPS) is 37.0. The third-order valence-corrected chi connectivity index (χ3v) is 9.56. The first kappa shape index (κ1) is 24.7. The van der Waals surface area contributed by atoms with Crippen LogP contribution in [0.2, 0.25) is 0 Å². The molecular weight excluding hydrogens is 466 g/mol. The Morgan fingerprint density at radius 1 is 0.973 bits per heavy atom. The molecule has 3 aliphatic heterocycles. The first-order valence-corrected chi connectivity index (χ1v) is 14.3. The minimum absolute atomic E-state index is 0.0137. The zero-order valence-electron chi connectivity index (χ0n) is 21.9. The van der Waals surface area contributed by atoms with E-state index in [4.69, 9.17) is 4.74 Å². The number of anilines is 1. The van der Waals surface area contributed by atoms with Gasteiger partial charge in [0, 0.05) is 17.8 Å². The summed E-state index contributed by atoms with van der Waals surface area (Å²) >= 11 is 0. The van der Waals surface area contributed by atoms with Gasteiger partial charge in [-0.05, 0) is 50.7 Å². The molecule has 1 aromatic rings. The number of amides is 3. The summed E-state index contributed by atoms with van der Waals surface area (Å²) < 4.78 is 6.53. The SMILES string of the molecule is Cc1ccc(NC(=O)[C@H]2[C@H]3C=C[C@@]4(O3)[C@H]2C(=O)N([C@@H]2CCCC[C@H]2C)[C@@H]4C(=O)NC2CCCCC2)cc1. The van der Waals surface area contributed by atoms with Crippen LogP contribution >= 0.6 is 0 Å². The fraction of sp³-hybridized carbons (Fsp3) is 0.633. The Balaban J connectivity index is 1.33. The Labute approximate surface area is 219 Å². The van der Waals surface area contributed by atoms with Gasteiger partial charge in [-0.2, -0.15) is 0 Å². The van der Waals surface area contributed by atoms with E-state index in [2.05, 4.69) is 17.6 Å². The Bertz CT molecular complexity index is 1090. The number of benzene rings is 1. The van der Waals surface area contributed by atoms with E-state index in [1.54, 1.807) is 0 Å². The summed E-state index contributed by atoms with van der Waals surface area (Å²) in [5.41, 5.74) is 0.719. The number of carbonyl (C=O) groups excluding carboxylic acids is 3. The van der Waals surface area contributed by atoms with Gasteiger partial charge in [-0.25, -0.2) is 0 Å². The van der Waals surface area contributed by atoms with Crippen molar-refractivity contribution in [2.45, 2.75) is 101 Å². The van der Waals surface area contributed by atoms with Crippen LogP contribution in [0.4, 0.5) is 5.69 Å². The smallest absolute Gasteiger partial charge is 0.246 e. The average molecular weight is 506 g/mol. The number of carbonyl (C=O) groups is 3. The number of nitrogens with one attached hydrogen (secondary N) is 2. The zero-order chi connectivity index (χ0) is 25.7. The van der Waals surface area contributed by atoms with Crippen molar-refractivity contribution in [2.75, 3.05) is 5.32 Å². The first-order chi connectivity index (χ1) is 17.9. The van der Waals surface area contributed by atoms with Gasteiger partial charge in [-0.15, -0.1) is 0 Å². The predicted octanol–water partition coefficient (Wildman–Crippen LogP) is 4.11. The molecule has 0 aromatic heterocycles.